The van der Waals surface area contributed by atoms with Crippen LogP contribution in [-0.2, 0) is 13.0 Å². The summed E-state index contributed by atoms with van der Waals surface area (Å²) in [6, 6.07) is 20.9. The van der Waals surface area contributed by atoms with E-state index >= 15 is 0 Å². The first-order valence-corrected chi connectivity index (χ1v) is 11.0. The number of aromatic nitrogens is 3. The second-order valence-corrected chi connectivity index (χ2v) is 8.17. The van der Waals surface area contributed by atoms with Crippen molar-refractivity contribution in [2.75, 3.05) is 0 Å². The normalized spacial score (nSPS) is 12.3. The topological polar surface area (TPSA) is 81.5 Å². The number of pyridine rings is 1. The first-order chi connectivity index (χ1) is 16.1. The molecule has 0 aliphatic carbocycles. The highest BCUT2D eigenvalue weighted by molar-refractivity contribution is 5.91. The molecule has 0 fully saturated rings. The molecule has 1 N–H and O–H groups in total. The highest BCUT2D eigenvalue weighted by Gasteiger charge is 2.17. The van der Waals surface area contributed by atoms with Crippen molar-refractivity contribution in [3.63, 3.8) is 0 Å². The molecule has 33 heavy (non-hydrogen) atoms. The van der Waals surface area contributed by atoms with Crippen LogP contribution in [0.5, 0.6) is 0 Å². The molecule has 4 heterocycles. The van der Waals surface area contributed by atoms with E-state index < -0.39 is 0 Å². The molecule has 0 saturated carbocycles. The molecule has 7 nitrogen and oxygen atoms in total. The van der Waals surface area contributed by atoms with Crippen LogP contribution in [0.1, 0.15) is 35.2 Å². The number of rotatable bonds is 7. The predicted octanol–water partition coefficient (Wildman–Crippen LogP) is 4.04. The lowest BCUT2D eigenvalue weighted by molar-refractivity contribution is 0.0908. The Morgan fingerprint density at radius 2 is 1.85 bits per heavy atom. The van der Waals surface area contributed by atoms with Gasteiger partial charge in [0.05, 0.1) is 12.1 Å². The summed E-state index contributed by atoms with van der Waals surface area (Å²) >= 11 is 0. The van der Waals surface area contributed by atoms with Crippen LogP contribution in [0.3, 0.4) is 0 Å². The molecule has 7 heteroatoms. The number of fused-ring (bicyclic) bond motifs is 3. The van der Waals surface area contributed by atoms with Crippen molar-refractivity contribution in [3.05, 3.63) is 107 Å². The SMILES string of the molecule is C[C@H](CCc1ccccc1)NC(=O)c1ccc(Cn2c(=O)c3cccn3c3cccnc32)o1. The number of nitrogens with zero attached hydrogens (tertiary/aromatic N) is 3. The van der Waals surface area contributed by atoms with E-state index in [4.69, 9.17) is 4.42 Å². The zero-order valence-electron chi connectivity index (χ0n) is 18.3. The lowest BCUT2D eigenvalue weighted by Gasteiger charge is -2.13. The standard InChI is InChI=1S/C26H24N4O3/c1-18(11-12-19-7-3-2-4-8-19)28-25(31)23-14-13-20(33-23)17-30-24-21(9-5-15-27-24)29-16-6-10-22(29)26(30)32/h2-10,13-16,18H,11-12,17H2,1H3,(H,28,31)/t18-/m1/s1. The zero-order valence-corrected chi connectivity index (χ0v) is 18.3. The van der Waals surface area contributed by atoms with E-state index in [-0.39, 0.29) is 29.8 Å². The van der Waals surface area contributed by atoms with Crippen LogP contribution in [0.4, 0.5) is 0 Å². The Kier molecular flexibility index (Phi) is 5.52. The van der Waals surface area contributed by atoms with Crippen molar-refractivity contribution >= 4 is 22.6 Å². The van der Waals surface area contributed by atoms with Gasteiger partial charge in [-0.15, -0.1) is 0 Å². The van der Waals surface area contributed by atoms with Gasteiger partial charge in [-0.2, -0.15) is 0 Å². The van der Waals surface area contributed by atoms with Gasteiger partial charge in [0, 0.05) is 18.4 Å². The third-order valence-electron chi connectivity index (χ3n) is 5.78. The molecule has 0 spiro atoms. The van der Waals surface area contributed by atoms with Crippen LogP contribution >= 0.6 is 0 Å². The fourth-order valence-electron chi connectivity index (χ4n) is 4.07. The van der Waals surface area contributed by atoms with Crippen molar-refractivity contribution in [3.8, 4) is 0 Å². The summed E-state index contributed by atoms with van der Waals surface area (Å²) in [4.78, 5) is 30.1. The van der Waals surface area contributed by atoms with Crippen LogP contribution in [0.2, 0.25) is 0 Å². The second kappa shape index (κ2) is 8.78. The Morgan fingerprint density at radius 3 is 2.70 bits per heavy atom. The lowest BCUT2D eigenvalue weighted by atomic mass is 10.1. The fourth-order valence-corrected chi connectivity index (χ4v) is 4.07. The first-order valence-electron chi connectivity index (χ1n) is 11.0. The summed E-state index contributed by atoms with van der Waals surface area (Å²) in [5, 5.41) is 2.99. The number of nitrogens with one attached hydrogen (secondary N) is 1. The average molecular weight is 441 g/mol. The molecule has 4 aromatic heterocycles. The maximum Gasteiger partial charge on any atom is 0.287 e. The number of benzene rings is 1. The molecule has 0 radical (unpaired) electrons. The van der Waals surface area contributed by atoms with Crippen LogP contribution in [0.25, 0.3) is 16.7 Å². The minimum absolute atomic E-state index is 0.00112. The summed E-state index contributed by atoms with van der Waals surface area (Å²) in [5.74, 6) is 0.479. The van der Waals surface area contributed by atoms with Gasteiger partial charge in [0.2, 0.25) is 0 Å². The molecule has 5 aromatic rings. The Balaban J connectivity index is 1.32. The molecule has 0 aliphatic heterocycles. The van der Waals surface area contributed by atoms with E-state index in [0.717, 1.165) is 18.4 Å². The highest BCUT2D eigenvalue weighted by atomic mass is 16.4. The van der Waals surface area contributed by atoms with Gasteiger partial charge >= 0.3 is 0 Å². The number of carbonyl (C=O) groups excluding carboxylic acids is 1. The molecule has 1 aromatic carbocycles. The van der Waals surface area contributed by atoms with E-state index in [9.17, 15) is 9.59 Å². The van der Waals surface area contributed by atoms with Gasteiger partial charge in [-0.3, -0.25) is 14.2 Å². The second-order valence-electron chi connectivity index (χ2n) is 8.17. The molecule has 5 rings (SSSR count). The highest BCUT2D eigenvalue weighted by Crippen LogP contribution is 2.16. The molecule has 1 atom stereocenters. The summed E-state index contributed by atoms with van der Waals surface area (Å²) in [6.45, 7) is 2.17. The minimum Gasteiger partial charge on any atom is -0.454 e. The number of aryl methyl sites for hydroxylation is 1. The summed E-state index contributed by atoms with van der Waals surface area (Å²) in [6.07, 6.45) is 5.22. The van der Waals surface area contributed by atoms with Crippen molar-refractivity contribution < 1.29 is 9.21 Å². The van der Waals surface area contributed by atoms with Gasteiger partial charge in [0.25, 0.3) is 11.5 Å². The number of carbonyl (C=O) groups is 1. The number of hydrogen-bond acceptors (Lipinski definition) is 4. The van der Waals surface area contributed by atoms with Gasteiger partial charge in [-0.25, -0.2) is 4.98 Å². The summed E-state index contributed by atoms with van der Waals surface area (Å²) < 4.78 is 9.21. The maximum atomic E-state index is 13.1. The third kappa shape index (κ3) is 4.17. The summed E-state index contributed by atoms with van der Waals surface area (Å²) in [5.41, 5.74) is 3.03. The van der Waals surface area contributed by atoms with E-state index in [2.05, 4.69) is 22.4 Å². The van der Waals surface area contributed by atoms with Gasteiger partial charge in [0.1, 0.15) is 11.3 Å². The number of furan rings is 1. The van der Waals surface area contributed by atoms with Crippen molar-refractivity contribution in [1.29, 1.82) is 0 Å². The first kappa shape index (κ1) is 20.8. The average Bonchev–Trinajstić information content (AvgIpc) is 3.51. The summed E-state index contributed by atoms with van der Waals surface area (Å²) in [7, 11) is 0. The molecular formula is C26H24N4O3. The molecule has 0 unspecified atom stereocenters. The monoisotopic (exact) mass is 440 g/mol. The van der Waals surface area contributed by atoms with Crippen LogP contribution in [0.15, 0.2) is 88.3 Å². The molecule has 0 aliphatic rings. The molecular weight excluding hydrogens is 416 g/mol. The third-order valence-corrected chi connectivity index (χ3v) is 5.78. The van der Waals surface area contributed by atoms with E-state index in [1.807, 2.05) is 53.9 Å². The zero-order chi connectivity index (χ0) is 22.8. The minimum atomic E-state index is -0.265. The lowest BCUT2D eigenvalue weighted by Crippen LogP contribution is -2.32. The van der Waals surface area contributed by atoms with Gasteiger partial charge in [-0.1, -0.05) is 30.3 Å². The van der Waals surface area contributed by atoms with Crippen molar-refractivity contribution in [2.24, 2.45) is 0 Å². The van der Waals surface area contributed by atoms with E-state index in [0.29, 0.717) is 16.9 Å². The number of hydrogen-bond donors (Lipinski definition) is 1. The largest absolute Gasteiger partial charge is 0.454 e. The van der Waals surface area contributed by atoms with Gasteiger partial charge in [0.15, 0.2) is 11.4 Å². The molecule has 1 amide bonds. The van der Waals surface area contributed by atoms with Crippen LogP contribution in [-0.4, -0.2) is 25.9 Å². The maximum absolute atomic E-state index is 13.1. The van der Waals surface area contributed by atoms with Gasteiger partial charge in [-0.05, 0) is 61.7 Å². The predicted molar refractivity (Wildman–Crippen MR) is 126 cm³/mol. The van der Waals surface area contributed by atoms with E-state index in [1.165, 1.54) is 5.56 Å². The Bertz CT molecular complexity index is 1480. The fraction of sp³-hybridized carbons (Fsp3) is 0.192. The Morgan fingerprint density at radius 1 is 1.03 bits per heavy atom. The Labute approximate surface area is 190 Å². The molecule has 0 bridgehead atoms. The Hall–Kier alpha value is -4.13. The van der Waals surface area contributed by atoms with Gasteiger partial charge < -0.3 is 14.1 Å². The van der Waals surface area contributed by atoms with Crippen molar-refractivity contribution in [2.45, 2.75) is 32.4 Å². The number of amides is 1. The quantitative estimate of drug-likeness (QED) is 0.414. The smallest absolute Gasteiger partial charge is 0.287 e. The molecule has 0 saturated heterocycles. The van der Waals surface area contributed by atoms with Crippen molar-refractivity contribution in [1.82, 2.24) is 19.3 Å². The van der Waals surface area contributed by atoms with Crippen LogP contribution in [0, 0.1) is 0 Å². The molecule has 166 valence electrons. The van der Waals surface area contributed by atoms with Crippen LogP contribution < -0.4 is 10.9 Å². The van der Waals surface area contributed by atoms with E-state index in [1.54, 1.807) is 29.0 Å².